The number of rotatable bonds is 7. The summed E-state index contributed by atoms with van der Waals surface area (Å²) >= 11 is 1.36. The molecule has 1 heterocycles. The van der Waals surface area contributed by atoms with Crippen LogP contribution in [0.2, 0.25) is 0 Å². The number of nitrogens with one attached hydrogen (secondary N) is 1. The zero-order chi connectivity index (χ0) is 19.2. The van der Waals surface area contributed by atoms with Crippen LogP contribution in [0.5, 0.6) is 0 Å². The predicted molar refractivity (Wildman–Crippen MR) is 111 cm³/mol. The Morgan fingerprint density at radius 1 is 1.30 bits per heavy atom. The second kappa shape index (κ2) is 9.40. The van der Waals surface area contributed by atoms with Crippen molar-refractivity contribution in [1.29, 1.82) is 0 Å². The molecule has 2 unspecified atom stereocenters. The van der Waals surface area contributed by atoms with E-state index in [9.17, 15) is 9.59 Å². The first-order valence-electron chi connectivity index (χ1n) is 10.0. The van der Waals surface area contributed by atoms with Crippen molar-refractivity contribution in [3.05, 3.63) is 34.6 Å². The van der Waals surface area contributed by atoms with Crippen LogP contribution in [0.15, 0.2) is 34.2 Å². The van der Waals surface area contributed by atoms with Gasteiger partial charge >= 0.3 is 0 Å². The molecule has 2 atom stereocenters. The van der Waals surface area contributed by atoms with Gasteiger partial charge in [0.2, 0.25) is 5.91 Å². The van der Waals surface area contributed by atoms with Crippen molar-refractivity contribution in [1.82, 2.24) is 14.9 Å². The SMILES string of the molecule is CCCCn1c(SCC(=O)NC2CCCCC2C)nc2ccccc2c1=O. The minimum absolute atomic E-state index is 0.0159. The van der Waals surface area contributed by atoms with Crippen LogP contribution in [-0.2, 0) is 11.3 Å². The number of fused-ring (bicyclic) bond motifs is 1. The molecule has 5 nitrogen and oxygen atoms in total. The van der Waals surface area contributed by atoms with Crippen molar-refractivity contribution in [3.8, 4) is 0 Å². The van der Waals surface area contributed by atoms with Gasteiger partial charge in [0.15, 0.2) is 5.16 Å². The summed E-state index contributed by atoms with van der Waals surface area (Å²) in [6.07, 6.45) is 6.61. The molecule has 27 heavy (non-hydrogen) atoms. The van der Waals surface area contributed by atoms with Gasteiger partial charge in [-0.15, -0.1) is 0 Å². The monoisotopic (exact) mass is 387 g/mol. The summed E-state index contributed by atoms with van der Waals surface area (Å²) in [4.78, 5) is 30.0. The summed E-state index contributed by atoms with van der Waals surface area (Å²) in [5.74, 6) is 0.859. The van der Waals surface area contributed by atoms with Crippen LogP contribution in [0.1, 0.15) is 52.4 Å². The highest BCUT2D eigenvalue weighted by atomic mass is 32.2. The lowest BCUT2D eigenvalue weighted by Gasteiger charge is -2.29. The highest BCUT2D eigenvalue weighted by Crippen LogP contribution is 2.24. The molecule has 0 radical (unpaired) electrons. The number of unbranched alkanes of at least 4 members (excludes halogenated alkanes) is 1. The van der Waals surface area contributed by atoms with Crippen molar-refractivity contribution >= 4 is 28.6 Å². The largest absolute Gasteiger partial charge is 0.352 e. The van der Waals surface area contributed by atoms with E-state index in [0.29, 0.717) is 34.3 Å². The highest BCUT2D eigenvalue weighted by Gasteiger charge is 2.23. The number of carbonyl (C=O) groups excluding carboxylic acids is 1. The van der Waals surface area contributed by atoms with E-state index in [0.717, 1.165) is 19.3 Å². The van der Waals surface area contributed by atoms with E-state index in [4.69, 9.17) is 0 Å². The van der Waals surface area contributed by atoms with Crippen molar-refractivity contribution in [2.24, 2.45) is 5.92 Å². The van der Waals surface area contributed by atoms with Crippen LogP contribution < -0.4 is 10.9 Å². The summed E-state index contributed by atoms with van der Waals surface area (Å²) in [6, 6.07) is 7.70. The summed E-state index contributed by atoms with van der Waals surface area (Å²) in [5.41, 5.74) is 0.678. The number of hydrogen-bond acceptors (Lipinski definition) is 4. The molecule has 1 aromatic heterocycles. The Kier molecular flexibility index (Phi) is 6.94. The van der Waals surface area contributed by atoms with Gasteiger partial charge in [-0.05, 0) is 37.3 Å². The maximum Gasteiger partial charge on any atom is 0.262 e. The average Bonchev–Trinajstić information content (AvgIpc) is 2.68. The fourth-order valence-corrected chi connectivity index (χ4v) is 4.52. The molecule has 146 valence electrons. The highest BCUT2D eigenvalue weighted by molar-refractivity contribution is 7.99. The van der Waals surface area contributed by atoms with E-state index in [2.05, 4.69) is 24.1 Å². The number of benzene rings is 1. The molecule has 1 fully saturated rings. The molecule has 1 saturated carbocycles. The van der Waals surface area contributed by atoms with Gasteiger partial charge in [0.1, 0.15) is 0 Å². The number of amides is 1. The smallest absolute Gasteiger partial charge is 0.262 e. The third kappa shape index (κ3) is 4.92. The zero-order valence-electron chi connectivity index (χ0n) is 16.2. The molecule has 0 bridgehead atoms. The Morgan fingerprint density at radius 3 is 2.85 bits per heavy atom. The second-order valence-electron chi connectivity index (χ2n) is 7.45. The standard InChI is InChI=1S/C21H29N3O2S/c1-3-4-13-24-20(26)16-10-6-8-12-18(16)23-21(24)27-14-19(25)22-17-11-7-5-9-15(17)2/h6,8,10,12,15,17H,3-5,7,9,11,13-14H2,1-2H3,(H,22,25). The molecule has 0 spiro atoms. The Bertz CT molecular complexity index is 849. The summed E-state index contributed by atoms with van der Waals surface area (Å²) in [5, 5.41) is 4.45. The Labute approximate surface area is 164 Å². The Morgan fingerprint density at radius 2 is 2.07 bits per heavy atom. The minimum atomic E-state index is -0.0159. The van der Waals surface area contributed by atoms with Gasteiger partial charge in [-0.1, -0.05) is 57.0 Å². The molecule has 1 aromatic carbocycles. The molecule has 1 amide bonds. The first-order valence-corrected chi connectivity index (χ1v) is 11.0. The van der Waals surface area contributed by atoms with Gasteiger partial charge in [-0.25, -0.2) is 4.98 Å². The van der Waals surface area contributed by atoms with Gasteiger partial charge in [-0.3, -0.25) is 14.2 Å². The van der Waals surface area contributed by atoms with Gasteiger partial charge in [0.05, 0.1) is 16.7 Å². The predicted octanol–water partition coefficient (Wildman–Crippen LogP) is 3.98. The Hall–Kier alpha value is -1.82. The van der Waals surface area contributed by atoms with Crippen LogP contribution in [-0.4, -0.2) is 27.3 Å². The van der Waals surface area contributed by atoms with Crippen LogP contribution >= 0.6 is 11.8 Å². The molecule has 3 rings (SSSR count). The molecule has 6 heteroatoms. The van der Waals surface area contributed by atoms with Crippen molar-refractivity contribution in [3.63, 3.8) is 0 Å². The quantitative estimate of drug-likeness (QED) is 0.576. The van der Waals surface area contributed by atoms with E-state index < -0.39 is 0 Å². The van der Waals surface area contributed by atoms with Gasteiger partial charge in [0.25, 0.3) is 5.56 Å². The lowest BCUT2D eigenvalue weighted by molar-refractivity contribution is -0.119. The number of aromatic nitrogens is 2. The normalized spacial score (nSPS) is 19.9. The van der Waals surface area contributed by atoms with E-state index in [1.807, 2.05) is 24.3 Å². The maximum absolute atomic E-state index is 12.9. The van der Waals surface area contributed by atoms with E-state index in [1.54, 1.807) is 4.57 Å². The topological polar surface area (TPSA) is 64.0 Å². The minimum Gasteiger partial charge on any atom is -0.352 e. The van der Waals surface area contributed by atoms with E-state index in [1.165, 1.54) is 31.0 Å². The molecule has 1 N–H and O–H groups in total. The fraction of sp³-hybridized carbons (Fsp3) is 0.571. The van der Waals surface area contributed by atoms with Crippen LogP contribution in [0.3, 0.4) is 0 Å². The van der Waals surface area contributed by atoms with E-state index >= 15 is 0 Å². The first kappa shape index (κ1) is 19.9. The molecular formula is C21H29N3O2S. The van der Waals surface area contributed by atoms with Crippen LogP contribution in [0, 0.1) is 5.92 Å². The molecular weight excluding hydrogens is 358 g/mol. The number of hydrogen-bond donors (Lipinski definition) is 1. The Balaban J connectivity index is 1.74. The summed E-state index contributed by atoms with van der Waals surface area (Å²) in [6.45, 7) is 4.95. The number of carbonyl (C=O) groups is 1. The molecule has 2 aromatic rings. The maximum atomic E-state index is 12.9. The molecule has 0 saturated heterocycles. The lowest BCUT2D eigenvalue weighted by Crippen LogP contribution is -2.42. The van der Waals surface area contributed by atoms with Gasteiger partial charge in [0, 0.05) is 12.6 Å². The van der Waals surface area contributed by atoms with Crippen molar-refractivity contribution in [2.45, 2.75) is 70.1 Å². The van der Waals surface area contributed by atoms with Gasteiger partial charge in [-0.2, -0.15) is 0 Å². The summed E-state index contributed by atoms with van der Waals surface area (Å²) in [7, 11) is 0. The van der Waals surface area contributed by atoms with Crippen LogP contribution in [0.25, 0.3) is 10.9 Å². The molecule has 1 aliphatic rings. The van der Waals surface area contributed by atoms with Gasteiger partial charge < -0.3 is 5.32 Å². The average molecular weight is 388 g/mol. The zero-order valence-corrected chi connectivity index (χ0v) is 17.1. The van der Waals surface area contributed by atoms with Crippen molar-refractivity contribution in [2.75, 3.05) is 5.75 Å². The number of thioether (sulfide) groups is 1. The van der Waals surface area contributed by atoms with Crippen molar-refractivity contribution < 1.29 is 4.79 Å². The lowest BCUT2D eigenvalue weighted by atomic mass is 9.86. The number of para-hydroxylation sites is 1. The van der Waals surface area contributed by atoms with Crippen LogP contribution in [0.4, 0.5) is 0 Å². The van der Waals surface area contributed by atoms with E-state index in [-0.39, 0.29) is 17.5 Å². The second-order valence-corrected chi connectivity index (χ2v) is 8.39. The third-order valence-electron chi connectivity index (χ3n) is 5.35. The third-order valence-corrected chi connectivity index (χ3v) is 6.33. The fourth-order valence-electron chi connectivity index (χ4n) is 3.68. The summed E-state index contributed by atoms with van der Waals surface area (Å²) < 4.78 is 1.73. The number of nitrogens with zero attached hydrogens (tertiary/aromatic N) is 2. The molecule has 0 aliphatic heterocycles. The molecule has 1 aliphatic carbocycles. The first-order chi connectivity index (χ1) is 13.1.